The predicted octanol–water partition coefficient (Wildman–Crippen LogP) is 3.57. The molecule has 0 saturated heterocycles. The van der Waals surface area contributed by atoms with Crippen LogP contribution in [0.25, 0.3) is 0 Å². The van der Waals surface area contributed by atoms with Crippen LogP contribution in [0, 0.1) is 0 Å². The van der Waals surface area contributed by atoms with E-state index >= 15 is 0 Å². The molecule has 18 heavy (non-hydrogen) atoms. The van der Waals surface area contributed by atoms with Gasteiger partial charge in [0.05, 0.1) is 11.1 Å². The summed E-state index contributed by atoms with van der Waals surface area (Å²) in [6, 6.07) is 4.41. The normalized spacial score (nSPS) is 11.3. The van der Waals surface area contributed by atoms with Gasteiger partial charge in [-0.05, 0) is 31.0 Å². The Balaban J connectivity index is 2.94. The molecule has 2 N–H and O–H groups in total. The zero-order valence-electron chi connectivity index (χ0n) is 10.5. The number of rotatable bonds is 5. The van der Waals surface area contributed by atoms with Gasteiger partial charge in [-0.25, -0.2) is 0 Å². The van der Waals surface area contributed by atoms with Crippen LogP contribution in [0.1, 0.15) is 37.0 Å². The molecule has 0 fully saturated rings. The number of hydrogen-bond acceptors (Lipinski definition) is 2. The number of nitrogens with one attached hydrogen (secondary N) is 1. The van der Waals surface area contributed by atoms with E-state index in [1.807, 2.05) is 13.8 Å². The summed E-state index contributed by atoms with van der Waals surface area (Å²) < 4.78 is 0. The van der Waals surface area contributed by atoms with E-state index in [0.29, 0.717) is 10.9 Å². The highest BCUT2D eigenvalue weighted by atomic mass is 35.5. The van der Waals surface area contributed by atoms with Crippen LogP contribution < -0.4 is 5.32 Å². The lowest BCUT2D eigenvalue weighted by Gasteiger charge is -2.30. The van der Waals surface area contributed by atoms with Gasteiger partial charge in [-0.1, -0.05) is 25.4 Å². The molecule has 1 amide bonds. The van der Waals surface area contributed by atoms with Crippen molar-refractivity contribution in [3.63, 3.8) is 0 Å². The van der Waals surface area contributed by atoms with Gasteiger partial charge < -0.3 is 10.4 Å². The third-order valence-electron chi connectivity index (χ3n) is 3.19. The SMILES string of the molecule is CCC(CC)(CCl)NC(=O)c1ccc(Cl)cc1O. The molecule has 0 atom stereocenters. The minimum Gasteiger partial charge on any atom is -0.507 e. The number of phenolic OH excluding ortho intramolecular Hbond substituents is 1. The standard InChI is InChI=1S/C13H17Cl2NO2/c1-3-13(4-2,8-14)16-12(18)10-6-5-9(15)7-11(10)17/h5-7,17H,3-4,8H2,1-2H3,(H,16,18). The average Bonchev–Trinajstić information content (AvgIpc) is 2.36. The molecule has 0 radical (unpaired) electrons. The summed E-state index contributed by atoms with van der Waals surface area (Å²) >= 11 is 11.6. The molecular weight excluding hydrogens is 273 g/mol. The van der Waals surface area contributed by atoms with Crippen molar-refractivity contribution in [1.82, 2.24) is 5.32 Å². The van der Waals surface area contributed by atoms with Crippen molar-refractivity contribution in [2.24, 2.45) is 0 Å². The molecule has 0 saturated carbocycles. The highest BCUT2D eigenvalue weighted by molar-refractivity contribution is 6.30. The van der Waals surface area contributed by atoms with E-state index < -0.39 is 5.54 Å². The van der Waals surface area contributed by atoms with Gasteiger partial charge in [0.25, 0.3) is 5.91 Å². The van der Waals surface area contributed by atoms with Crippen molar-refractivity contribution in [3.8, 4) is 5.75 Å². The van der Waals surface area contributed by atoms with Gasteiger partial charge in [-0.2, -0.15) is 0 Å². The van der Waals surface area contributed by atoms with Gasteiger partial charge in [0.1, 0.15) is 5.75 Å². The summed E-state index contributed by atoms with van der Waals surface area (Å²) in [6.45, 7) is 3.93. The number of hydrogen-bond donors (Lipinski definition) is 2. The number of alkyl halides is 1. The van der Waals surface area contributed by atoms with Crippen molar-refractivity contribution < 1.29 is 9.90 Å². The van der Waals surface area contributed by atoms with E-state index in [-0.39, 0.29) is 17.2 Å². The summed E-state index contributed by atoms with van der Waals surface area (Å²) in [5, 5.41) is 13.0. The number of amides is 1. The highest BCUT2D eigenvalue weighted by Crippen LogP contribution is 2.24. The van der Waals surface area contributed by atoms with E-state index in [1.165, 1.54) is 12.1 Å². The first-order valence-electron chi connectivity index (χ1n) is 5.85. The van der Waals surface area contributed by atoms with Gasteiger partial charge >= 0.3 is 0 Å². The maximum atomic E-state index is 12.1. The Labute approximate surface area is 117 Å². The zero-order valence-corrected chi connectivity index (χ0v) is 12.0. The van der Waals surface area contributed by atoms with Crippen molar-refractivity contribution in [2.75, 3.05) is 5.88 Å². The predicted molar refractivity (Wildman–Crippen MR) is 74.6 cm³/mol. The van der Waals surface area contributed by atoms with E-state index in [0.717, 1.165) is 12.8 Å². The lowest BCUT2D eigenvalue weighted by Crippen LogP contribution is -2.49. The molecule has 0 unspecified atom stereocenters. The maximum Gasteiger partial charge on any atom is 0.255 e. The minimum atomic E-state index is -0.440. The molecule has 100 valence electrons. The number of aromatic hydroxyl groups is 1. The number of benzene rings is 1. The molecule has 0 aliphatic heterocycles. The molecule has 1 aromatic rings. The Hall–Kier alpha value is -0.930. The number of halogens is 2. The Bertz CT molecular complexity index is 423. The van der Waals surface area contributed by atoms with Crippen molar-refractivity contribution in [2.45, 2.75) is 32.2 Å². The Morgan fingerprint density at radius 3 is 2.44 bits per heavy atom. The lowest BCUT2D eigenvalue weighted by molar-refractivity contribution is 0.0900. The third-order valence-corrected chi connectivity index (χ3v) is 3.94. The zero-order chi connectivity index (χ0) is 13.8. The van der Waals surface area contributed by atoms with Crippen LogP contribution in [0.3, 0.4) is 0 Å². The second kappa shape index (κ2) is 6.30. The Morgan fingerprint density at radius 1 is 1.39 bits per heavy atom. The van der Waals surface area contributed by atoms with Crippen molar-refractivity contribution in [3.05, 3.63) is 28.8 Å². The topological polar surface area (TPSA) is 49.3 Å². The van der Waals surface area contributed by atoms with Crippen LogP contribution in [0.5, 0.6) is 5.75 Å². The molecule has 3 nitrogen and oxygen atoms in total. The summed E-state index contributed by atoms with van der Waals surface area (Å²) in [7, 11) is 0. The third kappa shape index (κ3) is 3.30. The van der Waals surface area contributed by atoms with Crippen molar-refractivity contribution in [1.29, 1.82) is 0 Å². The average molecular weight is 290 g/mol. The maximum absolute atomic E-state index is 12.1. The van der Waals surface area contributed by atoms with Gasteiger partial charge in [-0.3, -0.25) is 4.79 Å². The van der Waals surface area contributed by atoms with Crippen molar-refractivity contribution >= 4 is 29.1 Å². The van der Waals surface area contributed by atoms with Crippen LogP contribution in [-0.2, 0) is 0 Å². The molecule has 0 spiro atoms. The summed E-state index contributed by atoms with van der Waals surface area (Å²) in [6.07, 6.45) is 1.46. The van der Waals surface area contributed by atoms with Crippen LogP contribution >= 0.6 is 23.2 Å². The summed E-state index contributed by atoms with van der Waals surface area (Å²) in [5.74, 6) is -0.135. The van der Waals surface area contributed by atoms with Crippen LogP contribution in [0.2, 0.25) is 5.02 Å². The monoisotopic (exact) mass is 289 g/mol. The van der Waals surface area contributed by atoms with Gasteiger partial charge in [0, 0.05) is 10.9 Å². The second-order valence-electron chi connectivity index (χ2n) is 4.24. The first-order valence-corrected chi connectivity index (χ1v) is 6.76. The largest absolute Gasteiger partial charge is 0.507 e. The van der Waals surface area contributed by atoms with E-state index in [9.17, 15) is 9.90 Å². The lowest BCUT2D eigenvalue weighted by atomic mass is 9.94. The molecule has 0 heterocycles. The first-order chi connectivity index (χ1) is 8.48. The van der Waals surface area contributed by atoms with E-state index in [4.69, 9.17) is 23.2 Å². The number of carbonyl (C=O) groups is 1. The Kier molecular flexibility index (Phi) is 5.29. The fourth-order valence-corrected chi connectivity index (χ4v) is 2.27. The molecule has 0 aliphatic rings. The summed E-state index contributed by atoms with van der Waals surface area (Å²) in [5.41, 5.74) is -0.235. The van der Waals surface area contributed by atoms with Crippen LogP contribution in [0.15, 0.2) is 18.2 Å². The van der Waals surface area contributed by atoms with Gasteiger partial charge in [-0.15, -0.1) is 11.6 Å². The quantitative estimate of drug-likeness (QED) is 0.814. The molecule has 1 rings (SSSR count). The van der Waals surface area contributed by atoms with Gasteiger partial charge in [0.2, 0.25) is 0 Å². The van der Waals surface area contributed by atoms with Crippen LogP contribution in [-0.4, -0.2) is 22.4 Å². The fraction of sp³-hybridized carbons (Fsp3) is 0.462. The highest BCUT2D eigenvalue weighted by Gasteiger charge is 2.28. The molecule has 0 aliphatic carbocycles. The second-order valence-corrected chi connectivity index (χ2v) is 4.94. The first kappa shape index (κ1) is 15.1. The molecule has 0 aromatic heterocycles. The molecule has 5 heteroatoms. The molecule has 1 aromatic carbocycles. The summed E-state index contributed by atoms with van der Waals surface area (Å²) in [4.78, 5) is 12.1. The number of carbonyl (C=O) groups excluding carboxylic acids is 1. The van der Waals surface area contributed by atoms with E-state index in [2.05, 4.69) is 5.32 Å². The van der Waals surface area contributed by atoms with Crippen LogP contribution in [0.4, 0.5) is 0 Å². The van der Waals surface area contributed by atoms with Gasteiger partial charge in [0.15, 0.2) is 0 Å². The van der Waals surface area contributed by atoms with E-state index in [1.54, 1.807) is 6.07 Å². The smallest absolute Gasteiger partial charge is 0.255 e. The minimum absolute atomic E-state index is 0.129. The fourth-order valence-electron chi connectivity index (χ4n) is 1.65. The molecular formula is C13H17Cl2NO2. The number of phenols is 1. The molecule has 0 bridgehead atoms. The Morgan fingerprint density at radius 2 is 2.00 bits per heavy atom.